The molecule has 0 bridgehead atoms. The van der Waals surface area contributed by atoms with E-state index in [1.165, 1.54) is 13.8 Å². The van der Waals surface area contributed by atoms with Crippen molar-refractivity contribution in [2.75, 3.05) is 37.7 Å². The standard InChI is InChI=1S/C17H21F3N4O5/c1-3-5-6-24-12(14(26)29-4-2)11(13(25)17(18,19)20)21-15(24)22-7-9-23(10-8-22)16(27)28/h13,25H,4,6-10H2,1-2H3,(H,27,28). The lowest BCUT2D eigenvalue weighted by molar-refractivity contribution is -0.208. The van der Waals surface area contributed by atoms with Crippen LogP contribution in [0.4, 0.5) is 23.9 Å². The Morgan fingerprint density at radius 2 is 1.90 bits per heavy atom. The Balaban J connectivity index is 2.55. The molecule has 9 nitrogen and oxygen atoms in total. The Kier molecular flexibility index (Phi) is 6.97. The zero-order valence-corrected chi connectivity index (χ0v) is 15.9. The highest BCUT2D eigenvalue weighted by molar-refractivity contribution is 5.90. The van der Waals surface area contributed by atoms with E-state index >= 15 is 0 Å². The zero-order valence-electron chi connectivity index (χ0n) is 15.9. The van der Waals surface area contributed by atoms with Gasteiger partial charge in [-0.15, -0.1) is 5.92 Å². The summed E-state index contributed by atoms with van der Waals surface area (Å²) in [7, 11) is 0. The number of anilines is 1. The molecule has 1 aromatic rings. The first-order valence-corrected chi connectivity index (χ1v) is 8.76. The Labute approximate surface area is 164 Å². The Hall–Kier alpha value is -2.94. The molecule has 1 saturated heterocycles. The number of aliphatic hydroxyl groups excluding tert-OH is 1. The molecule has 160 valence electrons. The number of rotatable bonds is 5. The van der Waals surface area contributed by atoms with Crippen LogP contribution in [-0.4, -0.2) is 75.7 Å². The van der Waals surface area contributed by atoms with Gasteiger partial charge in [0.05, 0.1) is 13.2 Å². The second-order valence-electron chi connectivity index (χ2n) is 6.08. The molecule has 2 heterocycles. The first-order valence-electron chi connectivity index (χ1n) is 8.76. The summed E-state index contributed by atoms with van der Waals surface area (Å²) in [4.78, 5) is 30.1. The topological polar surface area (TPSA) is 108 Å². The highest BCUT2D eigenvalue weighted by Gasteiger charge is 2.45. The number of aromatic nitrogens is 2. The van der Waals surface area contributed by atoms with Gasteiger partial charge in [-0.25, -0.2) is 14.6 Å². The summed E-state index contributed by atoms with van der Waals surface area (Å²) in [6.45, 7) is 3.28. The molecule has 0 radical (unpaired) electrons. The van der Waals surface area contributed by atoms with E-state index in [0.29, 0.717) is 0 Å². The van der Waals surface area contributed by atoms with E-state index in [1.54, 1.807) is 4.90 Å². The number of halogens is 3. The second kappa shape index (κ2) is 9.04. The number of carbonyl (C=O) groups excluding carboxylic acids is 1. The van der Waals surface area contributed by atoms with Gasteiger partial charge in [0.2, 0.25) is 5.95 Å². The lowest BCUT2D eigenvalue weighted by Crippen LogP contribution is -2.49. The van der Waals surface area contributed by atoms with E-state index in [4.69, 9.17) is 9.84 Å². The third-order valence-corrected chi connectivity index (χ3v) is 4.26. The maximum Gasteiger partial charge on any atom is 0.420 e. The average molecular weight is 418 g/mol. The highest BCUT2D eigenvalue weighted by Crippen LogP contribution is 2.36. The molecule has 2 rings (SSSR count). The van der Waals surface area contributed by atoms with Crippen LogP contribution in [0.15, 0.2) is 0 Å². The number of ether oxygens (including phenoxy) is 1. The smallest absolute Gasteiger partial charge is 0.420 e. The molecule has 1 unspecified atom stereocenters. The summed E-state index contributed by atoms with van der Waals surface area (Å²) in [6, 6.07) is 0. The predicted octanol–water partition coefficient (Wildman–Crippen LogP) is 1.48. The van der Waals surface area contributed by atoms with Gasteiger partial charge < -0.3 is 24.7 Å². The van der Waals surface area contributed by atoms with Crippen LogP contribution in [0.1, 0.15) is 36.1 Å². The molecule has 12 heteroatoms. The lowest BCUT2D eigenvalue weighted by Gasteiger charge is -2.33. The largest absolute Gasteiger partial charge is 0.465 e. The van der Waals surface area contributed by atoms with Crippen LogP contribution in [0.3, 0.4) is 0 Å². The van der Waals surface area contributed by atoms with Crippen molar-refractivity contribution in [2.24, 2.45) is 0 Å². The van der Waals surface area contributed by atoms with Crippen LogP contribution in [0.2, 0.25) is 0 Å². The minimum absolute atomic E-state index is 0.0147. The zero-order chi connectivity index (χ0) is 21.8. The molecule has 1 amide bonds. The van der Waals surface area contributed by atoms with Crippen LogP contribution in [0.5, 0.6) is 0 Å². The Morgan fingerprint density at radius 1 is 1.28 bits per heavy atom. The fraction of sp³-hybridized carbons (Fsp3) is 0.588. The van der Waals surface area contributed by atoms with Gasteiger partial charge >= 0.3 is 18.2 Å². The van der Waals surface area contributed by atoms with Crippen LogP contribution in [0, 0.1) is 11.8 Å². The molecule has 2 N–H and O–H groups in total. The number of imidazole rings is 1. The van der Waals surface area contributed by atoms with E-state index in [2.05, 4.69) is 16.8 Å². The fourth-order valence-electron chi connectivity index (χ4n) is 2.87. The number of amides is 1. The molecule has 29 heavy (non-hydrogen) atoms. The highest BCUT2D eigenvalue weighted by atomic mass is 19.4. The van der Waals surface area contributed by atoms with Crippen molar-refractivity contribution in [3.05, 3.63) is 11.4 Å². The molecule has 0 saturated carbocycles. The normalized spacial score (nSPS) is 15.5. The van der Waals surface area contributed by atoms with Gasteiger partial charge in [-0.05, 0) is 13.8 Å². The van der Waals surface area contributed by atoms with Crippen molar-refractivity contribution in [1.29, 1.82) is 0 Å². The summed E-state index contributed by atoms with van der Waals surface area (Å²) in [6.07, 6.45) is -9.14. The second-order valence-corrected chi connectivity index (χ2v) is 6.08. The van der Waals surface area contributed by atoms with Crippen molar-refractivity contribution in [2.45, 2.75) is 32.7 Å². The Bertz CT molecular complexity index is 820. The SMILES string of the molecule is CC#CCn1c(N2CCN(C(=O)O)CC2)nc(C(O)C(F)(F)F)c1C(=O)OCC. The van der Waals surface area contributed by atoms with E-state index < -0.39 is 35.7 Å². The number of piperazine rings is 1. The van der Waals surface area contributed by atoms with Crippen molar-refractivity contribution in [3.63, 3.8) is 0 Å². The number of carboxylic acid groups (broad SMARTS) is 1. The number of alkyl halides is 3. The molecule has 1 aromatic heterocycles. The van der Waals surface area contributed by atoms with Gasteiger partial charge in [0.15, 0.2) is 11.8 Å². The van der Waals surface area contributed by atoms with Gasteiger partial charge in [-0.3, -0.25) is 4.57 Å². The van der Waals surface area contributed by atoms with Gasteiger partial charge in [-0.1, -0.05) is 5.92 Å². The fourth-order valence-corrected chi connectivity index (χ4v) is 2.87. The maximum atomic E-state index is 13.2. The van der Waals surface area contributed by atoms with E-state index in [-0.39, 0.29) is 45.3 Å². The number of esters is 1. The molecule has 0 aliphatic carbocycles. The molecule has 1 aliphatic rings. The van der Waals surface area contributed by atoms with Gasteiger partial charge in [-0.2, -0.15) is 13.2 Å². The van der Waals surface area contributed by atoms with Crippen LogP contribution in [-0.2, 0) is 11.3 Å². The molecule has 1 fully saturated rings. The van der Waals surface area contributed by atoms with E-state index in [1.807, 2.05) is 0 Å². The van der Waals surface area contributed by atoms with Gasteiger partial charge in [0.25, 0.3) is 0 Å². The van der Waals surface area contributed by atoms with Crippen molar-refractivity contribution in [1.82, 2.24) is 14.5 Å². The van der Waals surface area contributed by atoms with Crippen molar-refractivity contribution < 1.29 is 37.7 Å². The molecular formula is C17H21F3N4O5. The number of hydrogen-bond acceptors (Lipinski definition) is 6. The van der Waals surface area contributed by atoms with E-state index in [0.717, 1.165) is 9.47 Å². The third-order valence-electron chi connectivity index (χ3n) is 4.26. The molecular weight excluding hydrogens is 397 g/mol. The third kappa shape index (κ3) is 4.92. The number of nitrogens with zero attached hydrogens (tertiary/aromatic N) is 4. The molecule has 0 spiro atoms. The number of carbonyl (C=O) groups is 2. The number of hydrogen-bond donors (Lipinski definition) is 2. The average Bonchev–Trinajstić information content (AvgIpc) is 3.04. The van der Waals surface area contributed by atoms with Crippen LogP contribution < -0.4 is 4.90 Å². The maximum absolute atomic E-state index is 13.2. The first kappa shape index (κ1) is 22.4. The van der Waals surface area contributed by atoms with Gasteiger partial charge in [0.1, 0.15) is 5.69 Å². The molecule has 1 aliphatic heterocycles. The number of aliphatic hydroxyl groups is 1. The Morgan fingerprint density at radius 3 is 2.38 bits per heavy atom. The summed E-state index contributed by atoms with van der Waals surface area (Å²) in [5.74, 6) is 4.19. The van der Waals surface area contributed by atoms with Crippen LogP contribution >= 0.6 is 0 Å². The predicted molar refractivity (Wildman–Crippen MR) is 94.5 cm³/mol. The van der Waals surface area contributed by atoms with Crippen LogP contribution in [0.25, 0.3) is 0 Å². The lowest BCUT2D eigenvalue weighted by atomic mass is 10.2. The minimum atomic E-state index is -5.05. The first-order chi connectivity index (χ1) is 13.6. The monoisotopic (exact) mass is 418 g/mol. The quantitative estimate of drug-likeness (QED) is 0.551. The summed E-state index contributed by atoms with van der Waals surface area (Å²) in [5, 5.41) is 18.8. The van der Waals surface area contributed by atoms with Crippen molar-refractivity contribution >= 4 is 18.0 Å². The molecule has 0 aromatic carbocycles. The van der Waals surface area contributed by atoms with Gasteiger partial charge in [0, 0.05) is 26.2 Å². The van der Waals surface area contributed by atoms with E-state index in [9.17, 15) is 27.9 Å². The minimum Gasteiger partial charge on any atom is -0.465 e. The summed E-state index contributed by atoms with van der Waals surface area (Å²) in [5.41, 5.74) is -1.40. The van der Waals surface area contributed by atoms with Crippen molar-refractivity contribution in [3.8, 4) is 11.8 Å². The molecule has 1 atom stereocenters. The summed E-state index contributed by atoms with van der Waals surface area (Å²) < 4.78 is 45.6. The summed E-state index contributed by atoms with van der Waals surface area (Å²) >= 11 is 0.